The van der Waals surface area contributed by atoms with Crippen molar-refractivity contribution in [3.05, 3.63) is 51.8 Å². The lowest BCUT2D eigenvalue weighted by Gasteiger charge is -2.17. The first-order chi connectivity index (χ1) is 10.4. The zero-order chi connectivity index (χ0) is 15.9. The first-order valence-corrected chi connectivity index (χ1v) is 8.89. The molecule has 0 saturated heterocycles. The number of thiophene rings is 1. The maximum atomic E-state index is 12.4. The van der Waals surface area contributed by atoms with Crippen LogP contribution in [0, 0.1) is 0 Å². The number of carbonyl (C=O) groups excluding carboxylic acids is 1. The van der Waals surface area contributed by atoms with Crippen LogP contribution in [-0.4, -0.2) is 28.3 Å². The minimum absolute atomic E-state index is 0.0580. The van der Waals surface area contributed by atoms with Gasteiger partial charge in [-0.25, -0.2) is 8.42 Å². The number of nitrogens with one attached hydrogen (secondary N) is 1. The van der Waals surface area contributed by atoms with Crippen LogP contribution >= 0.6 is 11.3 Å². The molecule has 1 aromatic heterocycles. The number of fused-ring (bicyclic) bond motifs is 1. The monoisotopic (exact) mass is 334 g/mol. The van der Waals surface area contributed by atoms with Crippen LogP contribution in [0.4, 0.5) is 5.69 Å². The van der Waals surface area contributed by atoms with Crippen molar-refractivity contribution >= 4 is 38.9 Å². The predicted molar refractivity (Wildman–Crippen MR) is 87.7 cm³/mol. The summed E-state index contributed by atoms with van der Waals surface area (Å²) in [5.74, 6) is -0.295. The van der Waals surface area contributed by atoms with Crippen molar-refractivity contribution in [2.45, 2.75) is 4.90 Å². The van der Waals surface area contributed by atoms with Crippen LogP contribution in [-0.2, 0) is 10.0 Å². The fourth-order valence-corrected chi connectivity index (χ4v) is 4.61. The number of nitrogens with zero attached hydrogens (tertiary/aromatic N) is 1. The van der Waals surface area contributed by atoms with E-state index in [-0.39, 0.29) is 21.3 Å². The van der Waals surface area contributed by atoms with E-state index in [1.807, 2.05) is 43.3 Å². The van der Waals surface area contributed by atoms with E-state index in [0.717, 1.165) is 22.6 Å². The van der Waals surface area contributed by atoms with E-state index in [9.17, 15) is 13.2 Å². The summed E-state index contributed by atoms with van der Waals surface area (Å²) in [6.45, 7) is 0. The Morgan fingerprint density at radius 2 is 1.82 bits per heavy atom. The second-order valence-electron chi connectivity index (χ2n) is 5.09. The lowest BCUT2D eigenvalue weighted by atomic mass is 10.1. The summed E-state index contributed by atoms with van der Waals surface area (Å²) in [4.78, 5) is 14.6. The summed E-state index contributed by atoms with van der Waals surface area (Å²) in [6, 6.07) is 8.94. The summed E-state index contributed by atoms with van der Waals surface area (Å²) in [7, 11) is 0.211. The van der Waals surface area contributed by atoms with Gasteiger partial charge in [-0.3, -0.25) is 9.52 Å². The highest BCUT2D eigenvalue weighted by atomic mass is 32.2. The molecule has 0 bridgehead atoms. The fourth-order valence-electron chi connectivity index (χ4n) is 2.17. The second-order valence-corrected chi connectivity index (χ2v) is 7.66. The van der Waals surface area contributed by atoms with Crippen LogP contribution in [0.1, 0.15) is 15.2 Å². The average molecular weight is 334 g/mol. The maximum absolute atomic E-state index is 12.4. The molecule has 0 amide bonds. The van der Waals surface area contributed by atoms with Crippen molar-refractivity contribution in [2.24, 2.45) is 0 Å². The van der Waals surface area contributed by atoms with Crippen LogP contribution < -0.4 is 9.62 Å². The van der Waals surface area contributed by atoms with Crippen molar-refractivity contribution in [3.63, 3.8) is 0 Å². The normalized spacial score (nSPS) is 17.9. The van der Waals surface area contributed by atoms with Crippen LogP contribution in [0.2, 0.25) is 0 Å². The Kier molecular flexibility index (Phi) is 3.54. The molecule has 0 fully saturated rings. The topological polar surface area (TPSA) is 66.5 Å². The minimum atomic E-state index is -3.66. The SMILES string of the molecule is CN(C)c1ccc(/C=C2\NS(=O)(=O)c3ccsc3C2=O)cc1. The highest BCUT2D eigenvalue weighted by Gasteiger charge is 2.33. The number of sulfonamides is 1. The number of hydrogen-bond acceptors (Lipinski definition) is 5. The number of allylic oxidation sites excluding steroid dienone is 1. The van der Waals surface area contributed by atoms with Crippen LogP contribution in [0.25, 0.3) is 6.08 Å². The lowest BCUT2D eigenvalue weighted by molar-refractivity contribution is 0.103. The van der Waals surface area contributed by atoms with Gasteiger partial charge < -0.3 is 4.90 Å². The quantitative estimate of drug-likeness (QED) is 0.856. The van der Waals surface area contributed by atoms with Crippen molar-refractivity contribution < 1.29 is 13.2 Å². The van der Waals surface area contributed by atoms with Gasteiger partial charge in [-0.2, -0.15) is 0 Å². The van der Waals surface area contributed by atoms with E-state index < -0.39 is 10.0 Å². The van der Waals surface area contributed by atoms with Crippen molar-refractivity contribution in [3.8, 4) is 0 Å². The highest BCUT2D eigenvalue weighted by Crippen LogP contribution is 2.29. The minimum Gasteiger partial charge on any atom is -0.378 e. The number of carbonyl (C=O) groups is 1. The molecular weight excluding hydrogens is 320 g/mol. The van der Waals surface area contributed by atoms with E-state index in [0.29, 0.717) is 0 Å². The molecule has 7 heteroatoms. The molecule has 22 heavy (non-hydrogen) atoms. The third-order valence-electron chi connectivity index (χ3n) is 3.33. The van der Waals surface area contributed by atoms with Gasteiger partial charge >= 0.3 is 0 Å². The number of anilines is 1. The average Bonchev–Trinajstić information content (AvgIpc) is 2.96. The Morgan fingerprint density at radius 3 is 2.45 bits per heavy atom. The largest absolute Gasteiger partial charge is 0.378 e. The Morgan fingerprint density at radius 1 is 1.14 bits per heavy atom. The van der Waals surface area contributed by atoms with Crippen LogP contribution in [0.3, 0.4) is 0 Å². The molecule has 2 heterocycles. The van der Waals surface area contributed by atoms with E-state index in [2.05, 4.69) is 4.72 Å². The second kappa shape index (κ2) is 5.26. The lowest BCUT2D eigenvalue weighted by Crippen LogP contribution is -2.33. The van der Waals surface area contributed by atoms with Crippen molar-refractivity contribution in [2.75, 3.05) is 19.0 Å². The number of hydrogen-bond donors (Lipinski definition) is 1. The molecule has 0 unspecified atom stereocenters. The molecule has 0 spiro atoms. The third-order valence-corrected chi connectivity index (χ3v) is 5.78. The van der Waals surface area contributed by atoms with Crippen molar-refractivity contribution in [1.29, 1.82) is 0 Å². The molecule has 0 atom stereocenters. The molecule has 5 nitrogen and oxygen atoms in total. The Hall–Kier alpha value is -2.12. The van der Waals surface area contributed by atoms with Gasteiger partial charge in [0.15, 0.2) is 0 Å². The Balaban J connectivity index is 2.00. The third kappa shape index (κ3) is 2.53. The number of ketones is 1. The molecule has 3 rings (SSSR count). The van der Waals surface area contributed by atoms with E-state index in [1.54, 1.807) is 11.5 Å². The first-order valence-electron chi connectivity index (χ1n) is 6.52. The predicted octanol–water partition coefficient (Wildman–Crippen LogP) is 2.33. The molecule has 1 aliphatic rings. The summed E-state index contributed by atoms with van der Waals surface area (Å²) in [5, 5.41) is 1.61. The maximum Gasteiger partial charge on any atom is 0.263 e. The highest BCUT2D eigenvalue weighted by molar-refractivity contribution is 7.90. The molecule has 0 aliphatic carbocycles. The zero-order valence-corrected chi connectivity index (χ0v) is 13.7. The first kappa shape index (κ1) is 14.8. The molecule has 1 aliphatic heterocycles. The Labute approximate surface area is 132 Å². The zero-order valence-electron chi connectivity index (χ0n) is 12.0. The number of benzene rings is 1. The molecule has 2 aromatic rings. The summed E-state index contributed by atoms with van der Waals surface area (Å²) in [5.41, 5.74) is 1.86. The number of rotatable bonds is 2. The smallest absolute Gasteiger partial charge is 0.263 e. The van der Waals surface area contributed by atoms with E-state index in [4.69, 9.17) is 0 Å². The van der Waals surface area contributed by atoms with Crippen molar-refractivity contribution in [1.82, 2.24) is 4.72 Å². The summed E-state index contributed by atoms with van der Waals surface area (Å²) in [6.07, 6.45) is 1.56. The van der Waals surface area contributed by atoms with Gasteiger partial charge in [-0.1, -0.05) is 12.1 Å². The summed E-state index contributed by atoms with van der Waals surface area (Å²) >= 11 is 1.14. The fraction of sp³-hybridized carbons (Fsp3) is 0.133. The van der Waals surface area contributed by atoms with E-state index >= 15 is 0 Å². The van der Waals surface area contributed by atoms with Gasteiger partial charge in [0.1, 0.15) is 4.90 Å². The van der Waals surface area contributed by atoms with Gasteiger partial charge in [-0.15, -0.1) is 11.3 Å². The molecule has 0 radical (unpaired) electrons. The number of Topliss-reactive ketones (excluding diaryl/α,β-unsaturated/α-hetero) is 1. The van der Waals surface area contributed by atoms with Gasteiger partial charge in [0.25, 0.3) is 10.0 Å². The summed E-state index contributed by atoms with van der Waals surface area (Å²) < 4.78 is 26.6. The van der Waals surface area contributed by atoms with Gasteiger partial charge in [0.05, 0.1) is 10.6 Å². The van der Waals surface area contributed by atoms with Crippen LogP contribution in [0.5, 0.6) is 0 Å². The standard InChI is InChI=1S/C15H14N2O3S2/c1-17(2)11-5-3-10(4-6-11)9-12-14(18)15-13(7-8-21-15)22(19,20)16-12/h3-9,16H,1-2H3/b12-9-. The molecule has 0 saturated carbocycles. The molecule has 114 valence electrons. The molecule has 1 aromatic carbocycles. The van der Waals surface area contributed by atoms with Crippen LogP contribution in [0.15, 0.2) is 46.3 Å². The van der Waals surface area contributed by atoms with Gasteiger partial charge in [0.2, 0.25) is 5.78 Å². The Bertz CT molecular complexity index is 862. The van der Waals surface area contributed by atoms with E-state index in [1.165, 1.54) is 6.07 Å². The van der Waals surface area contributed by atoms with Gasteiger partial charge in [0, 0.05) is 19.8 Å². The molecular formula is C15H14N2O3S2. The van der Waals surface area contributed by atoms with Gasteiger partial charge in [-0.05, 0) is 35.2 Å². The molecule has 1 N–H and O–H groups in total.